The monoisotopic (exact) mass is 551 g/mol. The number of aliphatic carboxylic acids is 1. The molecule has 0 spiro atoms. The van der Waals surface area contributed by atoms with Crippen LogP contribution in [-0.2, 0) is 23.9 Å². The van der Waals surface area contributed by atoms with E-state index in [0.717, 1.165) is 32.1 Å². The van der Waals surface area contributed by atoms with Crippen LogP contribution < -0.4 is 11.1 Å². The molecule has 2 bridgehead atoms. The molecule has 2 fully saturated rings. The number of rotatable bonds is 18. The van der Waals surface area contributed by atoms with Crippen LogP contribution in [-0.4, -0.2) is 67.6 Å². The Morgan fingerprint density at radius 2 is 1.79 bits per heavy atom. The molecule has 2 aliphatic rings. The smallest absolute Gasteiger partial charge is 0.309 e. The van der Waals surface area contributed by atoms with E-state index < -0.39 is 35.1 Å². The van der Waals surface area contributed by atoms with Gasteiger partial charge in [0, 0.05) is 24.4 Å². The first kappa shape index (κ1) is 33.0. The number of carbonyl (C=O) groups excluding carboxylic acids is 3. The lowest BCUT2D eigenvalue weighted by atomic mass is 9.69. The van der Waals surface area contributed by atoms with Gasteiger partial charge in [0.2, 0.25) is 11.8 Å². The van der Waals surface area contributed by atoms with E-state index in [4.69, 9.17) is 10.5 Å². The number of hydrogen-bond donors (Lipinski definition) is 3. The van der Waals surface area contributed by atoms with Crippen LogP contribution in [0.2, 0.25) is 0 Å². The third-order valence-electron chi connectivity index (χ3n) is 9.27. The number of likely N-dealkylation sites (N-methyl/N-ethyl adjacent to an activating group) is 1. The molecule has 2 aliphatic carbocycles. The number of carbonyl (C=O) groups is 4. The van der Waals surface area contributed by atoms with E-state index in [1.165, 1.54) is 0 Å². The minimum Gasteiger partial charge on any atom is -0.481 e. The Morgan fingerprint density at radius 3 is 2.36 bits per heavy atom. The first-order chi connectivity index (χ1) is 18.3. The predicted octanol–water partition coefficient (Wildman–Crippen LogP) is 3.69. The molecular formula is C30H53N3O6. The van der Waals surface area contributed by atoms with Gasteiger partial charge in [0.15, 0.2) is 0 Å². The van der Waals surface area contributed by atoms with Gasteiger partial charge in [-0.15, -0.1) is 0 Å². The molecule has 4 N–H and O–H groups in total. The number of esters is 1. The Bertz CT molecular complexity index is 845. The molecular weight excluding hydrogens is 498 g/mol. The van der Waals surface area contributed by atoms with Crippen LogP contribution in [0, 0.1) is 46.8 Å². The van der Waals surface area contributed by atoms with Gasteiger partial charge in [-0.25, -0.2) is 0 Å². The molecule has 0 saturated heterocycles. The molecule has 0 aliphatic heterocycles. The van der Waals surface area contributed by atoms with E-state index in [9.17, 15) is 24.3 Å². The van der Waals surface area contributed by atoms with Gasteiger partial charge >= 0.3 is 11.9 Å². The van der Waals surface area contributed by atoms with Crippen LogP contribution in [0.5, 0.6) is 0 Å². The third-order valence-corrected chi connectivity index (χ3v) is 9.27. The van der Waals surface area contributed by atoms with Crippen molar-refractivity contribution in [2.24, 2.45) is 52.6 Å². The number of ether oxygens (including phenoxy) is 1. The predicted molar refractivity (Wildman–Crippen MR) is 150 cm³/mol. The third kappa shape index (κ3) is 9.47. The molecule has 2 saturated carbocycles. The zero-order valence-corrected chi connectivity index (χ0v) is 25.0. The molecule has 39 heavy (non-hydrogen) atoms. The second-order valence-electron chi connectivity index (χ2n) is 13.0. The lowest BCUT2D eigenvalue weighted by Crippen LogP contribution is -2.41. The van der Waals surface area contributed by atoms with Gasteiger partial charge in [0.25, 0.3) is 0 Å². The number of carboxylic acid groups (broad SMARTS) is 1. The lowest BCUT2D eigenvalue weighted by Gasteiger charge is -2.35. The highest BCUT2D eigenvalue weighted by molar-refractivity contribution is 5.83. The number of nitrogens with one attached hydrogen (secondary N) is 1. The van der Waals surface area contributed by atoms with Crippen molar-refractivity contribution >= 4 is 23.8 Å². The number of fused-ring (bicyclic) bond motifs is 2. The first-order valence-electron chi connectivity index (χ1n) is 14.9. The number of primary amides is 1. The SMILES string of the molecule is CCCCCCNC(=O)C(C)(C)CC(CC(CC1C(C)C2CC(C(=O)O)C1C2)C(N)=O)C(=O)OCCN(C)C. The minimum absolute atomic E-state index is 0.0322. The Balaban J connectivity index is 2.14. The normalized spacial score (nSPS) is 25.9. The fraction of sp³-hybridized carbons (Fsp3) is 0.867. The van der Waals surface area contributed by atoms with Crippen molar-refractivity contribution in [1.82, 2.24) is 10.2 Å². The van der Waals surface area contributed by atoms with Gasteiger partial charge in [-0.2, -0.15) is 0 Å². The molecule has 0 aromatic rings. The molecule has 2 rings (SSSR count). The number of amides is 2. The highest BCUT2D eigenvalue weighted by Crippen LogP contribution is 2.57. The molecule has 9 heteroatoms. The first-order valence-corrected chi connectivity index (χ1v) is 14.9. The highest BCUT2D eigenvalue weighted by atomic mass is 16.5. The van der Waals surface area contributed by atoms with Gasteiger partial charge in [-0.3, -0.25) is 19.2 Å². The van der Waals surface area contributed by atoms with Crippen molar-refractivity contribution in [3.05, 3.63) is 0 Å². The van der Waals surface area contributed by atoms with Crippen LogP contribution in [0.15, 0.2) is 0 Å². The molecule has 0 radical (unpaired) electrons. The molecule has 0 heterocycles. The number of unbranched alkanes of at least 4 members (excludes halogenated alkanes) is 3. The Kier molecular flexibility index (Phi) is 12.7. The standard InChI is InChI=1S/C30H53N3O6/c1-7-8-9-10-11-32-29(38)30(3,4)18-22(28(37)39-13-12-33(5)6)14-21(26(31)34)17-23-19(2)20-15-24(23)25(16-20)27(35)36/h19-25H,7-18H2,1-6H3,(H2,31,34)(H,32,38)(H,35,36). The van der Waals surface area contributed by atoms with E-state index in [1.54, 1.807) is 0 Å². The highest BCUT2D eigenvalue weighted by Gasteiger charge is 2.53. The van der Waals surface area contributed by atoms with Gasteiger partial charge in [0.1, 0.15) is 6.61 Å². The largest absolute Gasteiger partial charge is 0.481 e. The Labute approximate surface area is 235 Å². The zero-order valence-electron chi connectivity index (χ0n) is 25.0. The van der Waals surface area contributed by atoms with E-state index in [2.05, 4.69) is 19.2 Å². The summed E-state index contributed by atoms with van der Waals surface area (Å²) in [5.41, 5.74) is 5.04. The summed E-state index contributed by atoms with van der Waals surface area (Å²) < 4.78 is 5.59. The number of nitrogens with two attached hydrogens (primary N) is 1. The number of hydrogen-bond acceptors (Lipinski definition) is 6. The van der Waals surface area contributed by atoms with E-state index >= 15 is 0 Å². The van der Waals surface area contributed by atoms with Gasteiger partial charge in [-0.1, -0.05) is 47.0 Å². The van der Waals surface area contributed by atoms with Crippen LogP contribution in [0.1, 0.15) is 85.5 Å². The summed E-state index contributed by atoms with van der Waals surface area (Å²) in [5.74, 6) is -2.66. The maximum atomic E-state index is 13.3. The van der Waals surface area contributed by atoms with Gasteiger partial charge < -0.3 is 25.8 Å². The van der Waals surface area contributed by atoms with Crippen LogP contribution in [0.4, 0.5) is 0 Å². The average Bonchev–Trinajstić information content (AvgIpc) is 3.41. The minimum atomic E-state index is -0.841. The van der Waals surface area contributed by atoms with E-state index in [1.807, 2.05) is 32.8 Å². The quantitative estimate of drug-likeness (QED) is 0.174. The fourth-order valence-electron chi connectivity index (χ4n) is 6.84. The maximum absolute atomic E-state index is 13.3. The van der Waals surface area contributed by atoms with Crippen molar-refractivity contribution < 1.29 is 29.0 Å². The van der Waals surface area contributed by atoms with Crippen molar-refractivity contribution in [3.63, 3.8) is 0 Å². The summed E-state index contributed by atoms with van der Waals surface area (Å²) in [5, 5.41) is 12.7. The van der Waals surface area contributed by atoms with E-state index in [-0.39, 0.29) is 43.1 Å². The van der Waals surface area contributed by atoms with Gasteiger partial charge in [0.05, 0.1) is 11.8 Å². The van der Waals surface area contributed by atoms with Crippen molar-refractivity contribution in [2.75, 3.05) is 33.8 Å². The van der Waals surface area contributed by atoms with Crippen LogP contribution in [0.3, 0.4) is 0 Å². The molecule has 2 amide bonds. The second kappa shape index (κ2) is 15.0. The molecule has 7 atom stereocenters. The number of nitrogens with zero attached hydrogens (tertiary/aromatic N) is 1. The van der Waals surface area contributed by atoms with Crippen LogP contribution in [0.25, 0.3) is 0 Å². The topological polar surface area (TPSA) is 139 Å². The molecule has 224 valence electrons. The summed E-state index contributed by atoms with van der Waals surface area (Å²) in [6, 6.07) is 0. The van der Waals surface area contributed by atoms with E-state index in [0.29, 0.717) is 37.8 Å². The van der Waals surface area contributed by atoms with Crippen molar-refractivity contribution in [3.8, 4) is 0 Å². The summed E-state index contributed by atoms with van der Waals surface area (Å²) in [7, 11) is 3.78. The second-order valence-corrected chi connectivity index (χ2v) is 13.0. The lowest BCUT2D eigenvalue weighted by molar-refractivity contribution is -0.151. The number of carboxylic acids is 1. The summed E-state index contributed by atoms with van der Waals surface area (Å²) >= 11 is 0. The summed E-state index contributed by atoms with van der Waals surface area (Å²) in [6.07, 6.45) is 6.68. The molecule has 7 unspecified atom stereocenters. The Hall–Kier alpha value is -2.16. The van der Waals surface area contributed by atoms with Crippen molar-refractivity contribution in [1.29, 1.82) is 0 Å². The summed E-state index contributed by atoms with van der Waals surface area (Å²) in [4.78, 5) is 52.8. The van der Waals surface area contributed by atoms with Crippen LogP contribution >= 0.6 is 0 Å². The summed E-state index contributed by atoms with van der Waals surface area (Å²) in [6.45, 7) is 9.31. The zero-order chi connectivity index (χ0) is 29.3. The Morgan fingerprint density at radius 1 is 1.10 bits per heavy atom. The fourth-order valence-corrected chi connectivity index (χ4v) is 6.84. The molecule has 9 nitrogen and oxygen atoms in total. The molecule has 0 aromatic heterocycles. The van der Waals surface area contributed by atoms with Gasteiger partial charge in [-0.05, 0) is 76.3 Å². The molecule has 0 aromatic carbocycles. The maximum Gasteiger partial charge on any atom is 0.309 e. The van der Waals surface area contributed by atoms with Crippen molar-refractivity contribution in [2.45, 2.75) is 85.5 Å². The average molecular weight is 552 g/mol.